The van der Waals surface area contributed by atoms with Crippen LogP contribution in [0, 0.1) is 10.1 Å². The summed E-state index contributed by atoms with van der Waals surface area (Å²) < 4.78 is 8.48. The molecule has 0 fully saturated rings. The molecule has 0 aromatic heterocycles. The molecule has 4 nitrogen and oxygen atoms in total. The van der Waals surface area contributed by atoms with Crippen LogP contribution in [0.1, 0.15) is 5.56 Å². The number of hydrogen-bond donors (Lipinski definition) is 1. The van der Waals surface area contributed by atoms with Crippen molar-refractivity contribution in [3.05, 3.63) is 39.9 Å². The van der Waals surface area contributed by atoms with Crippen molar-refractivity contribution in [3.8, 4) is 0 Å². The van der Waals surface area contributed by atoms with Gasteiger partial charge in [-0.15, -0.1) is 0 Å². The highest BCUT2D eigenvalue weighted by atomic mass is 32.2. The van der Waals surface area contributed by atoms with Gasteiger partial charge in [0.15, 0.2) is 0 Å². The van der Waals surface area contributed by atoms with Crippen LogP contribution in [0.15, 0.2) is 24.3 Å². The highest BCUT2D eigenvalue weighted by Gasteiger charge is 2.02. The Morgan fingerprint density at radius 1 is 1.42 bits per heavy atom. The molecule has 5 heteroatoms. The molecule has 1 aromatic rings. The van der Waals surface area contributed by atoms with E-state index in [2.05, 4.69) is 0 Å². The Kier molecular flexibility index (Phi) is 3.07. The Balaban J connectivity index is 2.78. The van der Waals surface area contributed by atoms with Gasteiger partial charge in [-0.25, -0.2) is 0 Å². The monoisotopic (exact) mass is 185 g/mol. The van der Waals surface area contributed by atoms with E-state index < -0.39 is 4.92 Å². The standard InChI is InChI=1S/C7H7NO3S/c9-8(10)7-3-1-6(2-4-7)5-12-11/h1-4,11H,5H2. The molecule has 64 valence electrons. The van der Waals surface area contributed by atoms with Crippen LogP contribution in [-0.4, -0.2) is 9.48 Å². The highest BCUT2D eigenvalue weighted by Crippen LogP contribution is 2.14. The number of benzene rings is 1. The third-order valence-electron chi connectivity index (χ3n) is 1.38. The van der Waals surface area contributed by atoms with Crippen molar-refractivity contribution in [2.45, 2.75) is 5.75 Å². The Hall–Kier alpha value is -1.07. The molecule has 0 amide bonds. The minimum Gasteiger partial charge on any atom is -0.330 e. The van der Waals surface area contributed by atoms with Gasteiger partial charge in [0.25, 0.3) is 5.69 Å². The average Bonchev–Trinajstić information content (AvgIpc) is 2.06. The molecule has 0 atom stereocenters. The van der Waals surface area contributed by atoms with Crippen LogP contribution < -0.4 is 0 Å². The second kappa shape index (κ2) is 4.08. The fraction of sp³-hybridized carbons (Fsp3) is 0.143. The van der Waals surface area contributed by atoms with Crippen LogP contribution in [0.4, 0.5) is 5.69 Å². The molecular weight excluding hydrogens is 178 g/mol. The van der Waals surface area contributed by atoms with E-state index in [9.17, 15) is 10.1 Å². The molecule has 0 saturated carbocycles. The summed E-state index contributed by atoms with van der Waals surface area (Å²) in [4.78, 5) is 9.77. The van der Waals surface area contributed by atoms with Crippen LogP contribution in [0.25, 0.3) is 0 Å². The molecule has 0 radical (unpaired) electrons. The summed E-state index contributed by atoms with van der Waals surface area (Å²) >= 11 is 0.699. The SMILES string of the molecule is O=[N+]([O-])c1ccc(CSO)cc1. The smallest absolute Gasteiger partial charge is 0.269 e. The van der Waals surface area contributed by atoms with Crippen LogP contribution >= 0.6 is 12.0 Å². The topological polar surface area (TPSA) is 63.4 Å². The predicted molar refractivity (Wildman–Crippen MR) is 47.0 cm³/mol. The van der Waals surface area contributed by atoms with Crippen molar-refractivity contribution in [1.29, 1.82) is 0 Å². The maximum atomic E-state index is 10.2. The van der Waals surface area contributed by atoms with Gasteiger partial charge < -0.3 is 4.55 Å². The maximum Gasteiger partial charge on any atom is 0.269 e. The minimum absolute atomic E-state index is 0.0710. The van der Waals surface area contributed by atoms with Crippen molar-refractivity contribution < 1.29 is 9.48 Å². The molecule has 1 aromatic carbocycles. The summed E-state index contributed by atoms with van der Waals surface area (Å²) in [5.74, 6) is 0.456. The van der Waals surface area contributed by atoms with Crippen LogP contribution in [0.5, 0.6) is 0 Å². The molecule has 12 heavy (non-hydrogen) atoms. The van der Waals surface area contributed by atoms with Crippen molar-refractivity contribution in [2.24, 2.45) is 0 Å². The molecule has 1 rings (SSSR count). The lowest BCUT2D eigenvalue weighted by Crippen LogP contribution is -1.87. The molecule has 0 aliphatic carbocycles. The molecule has 0 spiro atoms. The van der Waals surface area contributed by atoms with E-state index >= 15 is 0 Å². The van der Waals surface area contributed by atoms with E-state index in [1.165, 1.54) is 12.1 Å². The fourth-order valence-electron chi connectivity index (χ4n) is 0.788. The number of nitrogens with zero attached hydrogens (tertiary/aromatic N) is 1. The van der Waals surface area contributed by atoms with Crippen molar-refractivity contribution >= 4 is 17.7 Å². The first kappa shape index (κ1) is 9.02. The number of non-ortho nitro benzene ring substituents is 1. The van der Waals surface area contributed by atoms with Gasteiger partial charge in [-0.2, -0.15) is 0 Å². The van der Waals surface area contributed by atoms with Crippen LogP contribution in [0.3, 0.4) is 0 Å². The molecular formula is C7H7NO3S. The third-order valence-corrected chi connectivity index (χ3v) is 1.84. The average molecular weight is 185 g/mol. The molecule has 0 bridgehead atoms. The molecule has 1 N–H and O–H groups in total. The van der Waals surface area contributed by atoms with Crippen molar-refractivity contribution in [2.75, 3.05) is 0 Å². The lowest BCUT2D eigenvalue weighted by atomic mass is 10.2. The zero-order valence-electron chi connectivity index (χ0n) is 6.14. The molecule has 0 aliphatic rings. The molecule has 0 unspecified atom stereocenters. The van der Waals surface area contributed by atoms with E-state index in [0.717, 1.165) is 5.56 Å². The van der Waals surface area contributed by atoms with Gasteiger partial charge in [-0.1, -0.05) is 12.1 Å². The van der Waals surface area contributed by atoms with E-state index in [4.69, 9.17) is 4.55 Å². The summed E-state index contributed by atoms with van der Waals surface area (Å²) in [5.41, 5.74) is 0.940. The van der Waals surface area contributed by atoms with Crippen LogP contribution in [-0.2, 0) is 5.75 Å². The van der Waals surface area contributed by atoms with E-state index in [1.807, 2.05) is 0 Å². The second-order valence-corrected chi connectivity index (χ2v) is 2.74. The van der Waals surface area contributed by atoms with Crippen molar-refractivity contribution in [1.82, 2.24) is 0 Å². The lowest BCUT2D eigenvalue weighted by molar-refractivity contribution is -0.384. The first-order chi connectivity index (χ1) is 5.74. The van der Waals surface area contributed by atoms with Gasteiger partial charge in [-0.05, 0) is 17.6 Å². The zero-order valence-corrected chi connectivity index (χ0v) is 6.95. The Bertz CT molecular complexity index is 272. The lowest BCUT2D eigenvalue weighted by Gasteiger charge is -1.95. The molecule has 0 aliphatic heterocycles. The Morgan fingerprint density at radius 3 is 2.42 bits per heavy atom. The number of hydrogen-bond acceptors (Lipinski definition) is 4. The largest absolute Gasteiger partial charge is 0.330 e. The normalized spacial score (nSPS) is 9.75. The number of rotatable bonds is 3. The second-order valence-electron chi connectivity index (χ2n) is 2.20. The van der Waals surface area contributed by atoms with Gasteiger partial charge >= 0.3 is 0 Å². The number of nitro groups is 1. The molecule has 0 heterocycles. The van der Waals surface area contributed by atoms with Crippen molar-refractivity contribution in [3.63, 3.8) is 0 Å². The Morgan fingerprint density at radius 2 is 2.00 bits per heavy atom. The highest BCUT2D eigenvalue weighted by molar-refractivity contribution is 7.92. The first-order valence-electron chi connectivity index (χ1n) is 3.23. The predicted octanol–water partition coefficient (Wildman–Crippen LogP) is 2.30. The van der Waals surface area contributed by atoms with E-state index in [1.54, 1.807) is 12.1 Å². The zero-order chi connectivity index (χ0) is 8.97. The van der Waals surface area contributed by atoms with E-state index in [0.29, 0.717) is 17.8 Å². The minimum atomic E-state index is -0.449. The van der Waals surface area contributed by atoms with Gasteiger partial charge in [0.1, 0.15) is 0 Å². The maximum absolute atomic E-state index is 10.2. The summed E-state index contributed by atoms with van der Waals surface area (Å²) in [7, 11) is 0. The van der Waals surface area contributed by atoms with Gasteiger partial charge in [0.2, 0.25) is 0 Å². The van der Waals surface area contributed by atoms with Gasteiger partial charge in [0.05, 0.1) is 4.92 Å². The van der Waals surface area contributed by atoms with Crippen LogP contribution in [0.2, 0.25) is 0 Å². The fourth-order valence-corrected chi connectivity index (χ4v) is 1.13. The number of nitro benzene ring substituents is 1. The molecule has 0 saturated heterocycles. The summed E-state index contributed by atoms with van der Waals surface area (Å²) in [6.45, 7) is 0. The summed E-state index contributed by atoms with van der Waals surface area (Å²) in [6, 6.07) is 6.10. The quantitative estimate of drug-likeness (QED) is 0.446. The summed E-state index contributed by atoms with van der Waals surface area (Å²) in [6.07, 6.45) is 0. The first-order valence-corrected chi connectivity index (χ1v) is 4.18. The summed E-state index contributed by atoms with van der Waals surface area (Å²) in [5, 5.41) is 10.2. The van der Waals surface area contributed by atoms with Gasteiger partial charge in [0, 0.05) is 17.9 Å². The Labute approximate surface area is 73.6 Å². The third kappa shape index (κ3) is 2.21. The van der Waals surface area contributed by atoms with Gasteiger partial charge in [-0.3, -0.25) is 10.1 Å². The van der Waals surface area contributed by atoms with E-state index in [-0.39, 0.29) is 5.69 Å².